The van der Waals surface area contributed by atoms with Crippen LogP contribution in [0.25, 0.3) is 10.9 Å². The number of hydrogen-bond acceptors (Lipinski definition) is 1. The fraction of sp³-hybridized carbons (Fsp3) is 0.407. The van der Waals surface area contributed by atoms with E-state index in [1.807, 2.05) is 0 Å². The van der Waals surface area contributed by atoms with Gasteiger partial charge in [0.05, 0.1) is 0 Å². The molecule has 0 saturated heterocycles. The van der Waals surface area contributed by atoms with Gasteiger partial charge >= 0.3 is 0 Å². The summed E-state index contributed by atoms with van der Waals surface area (Å²) in [5.41, 5.74) is 5.76. The number of aromatic amines is 1. The van der Waals surface area contributed by atoms with E-state index in [1.165, 1.54) is 60.7 Å². The molecule has 5 rings (SSSR count). The Morgan fingerprint density at radius 2 is 1.90 bits per heavy atom. The van der Waals surface area contributed by atoms with Crippen molar-refractivity contribution in [2.75, 3.05) is 13.1 Å². The first-order valence-electron chi connectivity index (χ1n) is 11.4. The van der Waals surface area contributed by atoms with E-state index in [4.69, 9.17) is 0 Å². The van der Waals surface area contributed by atoms with Gasteiger partial charge in [-0.25, -0.2) is 0 Å². The maximum Gasteiger partial charge on any atom is 0.0456 e. The minimum atomic E-state index is 0.737. The van der Waals surface area contributed by atoms with Gasteiger partial charge in [-0.15, -0.1) is 0 Å². The Bertz CT molecular complexity index is 963. The average Bonchev–Trinajstić information content (AvgIpc) is 3.23. The Balaban J connectivity index is 1.09. The van der Waals surface area contributed by atoms with Gasteiger partial charge in [0, 0.05) is 30.2 Å². The topological polar surface area (TPSA) is 19.0 Å². The van der Waals surface area contributed by atoms with Crippen LogP contribution >= 0.6 is 0 Å². The molecular formula is C27H32N2. The molecule has 0 spiro atoms. The Kier molecular flexibility index (Phi) is 5.43. The standard InChI is InChI=1S/C27H32N2/c1-2-6-22(7-3-1)23-15-18-29(19-16-23)17-14-21-10-12-24(13-11-21)26-20-28-27-9-5-4-8-25(26)27/h1-2,4-5,7-9,15-16,18,20-21,24,28H,3,6,10-14,17,19H2. The third-order valence-electron chi connectivity index (χ3n) is 7.12. The smallest absolute Gasteiger partial charge is 0.0456 e. The first-order chi connectivity index (χ1) is 14.4. The molecule has 1 aliphatic heterocycles. The van der Waals surface area contributed by atoms with E-state index in [1.54, 1.807) is 5.56 Å². The Morgan fingerprint density at radius 1 is 1.00 bits per heavy atom. The Hall–Kier alpha value is -2.48. The largest absolute Gasteiger partial charge is 0.374 e. The summed E-state index contributed by atoms with van der Waals surface area (Å²) in [6.07, 6.45) is 25.2. The minimum Gasteiger partial charge on any atom is -0.374 e. The van der Waals surface area contributed by atoms with Gasteiger partial charge in [-0.3, -0.25) is 0 Å². The highest BCUT2D eigenvalue weighted by Gasteiger charge is 2.24. The maximum atomic E-state index is 3.46. The van der Waals surface area contributed by atoms with E-state index in [0.29, 0.717) is 0 Å². The van der Waals surface area contributed by atoms with Gasteiger partial charge in [0.25, 0.3) is 0 Å². The van der Waals surface area contributed by atoms with Crippen LogP contribution in [0.1, 0.15) is 56.4 Å². The SMILES string of the molecule is C1=CCC(C2=CCN(CCC3CCC(c4c[nH]c5ccccc45)CC3)C=C2)=CC1. The van der Waals surface area contributed by atoms with Crippen molar-refractivity contribution in [3.05, 3.63) is 83.8 Å². The third kappa shape index (κ3) is 4.12. The van der Waals surface area contributed by atoms with Crippen LogP contribution in [0, 0.1) is 5.92 Å². The summed E-state index contributed by atoms with van der Waals surface area (Å²) in [5, 5.41) is 1.43. The second-order valence-corrected chi connectivity index (χ2v) is 8.91. The van der Waals surface area contributed by atoms with Gasteiger partial charge in [0.2, 0.25) is 0 Å². The van der Waals surface area contributed by atoms with E-state index in [-0.39, 0.29) is 0 Å². The average molecular weight is 385 g/mol. The van der Waals surface area contributed by atoms with Gasteiger partial charge in [0.15, 0.2) is 0 Å². The van der Waals surface area contributed by atoms with Crippen LogP contribution in [0.3, 0.4) is 0 Å². The van der Waals surface area contributed by atoms with Crippen LogP contribution in [0.4, 0.5) is 0 Å². The van der Waals surface area contributed by atoms with Crippen LogP contribution in [0.5, 0.6) is 0 Å². The molecular weight excluding hydrogens is 352 g/mol. The molecule has 0 unspecified atom stereocenters. The summed E-state index contributed by atoms with van der Waals surface area (Å²) in [7, 11) is 0. The van der Waals surface area contributed by atoms with Crippen molar-refractivity contribution in [2.24, 2.45) is 5.92 Å². The van der Waals surface area contributed by atoms with Crippen molar-refractivity contribution in [2.45, 2.75) is 50.9 Å². The molecule has 0 bridgehead atoms. The molecule has 2 aliphatic carbocycles. The van der Waals surface area contributed by atoms with E-state index in [0.717, 1.165) is 31.2 Å². The zero-order chi connectivity index (χ0) is 19.5. The first kappa shape index (κ1) is 18.5. The van der Waals surface area contributed by atoms with E-state index < -0.39 is 0 Å². The molecule has 0 amide bonds. The fourth-order valence-corrected chi connectivity index (χ4v) is 5.31. The lowest BCUT2D eigenvalue weighted by Crippen LogP contribution is -2.24. The van der Waals surface area contributed by atoms with Gasteiger partial charge < -0.3 is 9.88 Å². The molecule has 150 valence electrons. The molecule has 2 nitrogen and oxygen atoms in total. The van der Waals surface area contributed by atoms with Gasteiger partial charge in [-0.1, -0.05) is 42.5 Å². The zero-order valence-corrected chi connectivity index (χ0v) is 17.3. The zero-order valence-electron chi connectivity index (χ0n) is 17.3. The number of H-pyrrole nitrogens is 1. The molecule has 1 aromatic heterocycles. The normalized spacial score (nSPS) is 24.6. The summed E-state index contributed by atoms with van der Waals surface area (Å²) in [6, 6.07) is 8.75. The van der Waals surface area contributed by atoms with Gasteiger partial charge in [0.1, 0.15) is 0 Å². The molecule has 3 aliphatic rings. The molecule has 0 atom stereocenters. The molecule has 2 aromatic rings. The lowest BCUT2D eigenvalue weighted by atomic mass is 9.77. The lowest BCUT2D eigenvalue weighted by molar-refractivity contribution is 0.276. The quantitative estimate of drug-likeness (QED) is 0.558. The van der Waals surface area contributed by atoms with Crippen molar-refractivity contribution in [1.29, 1.82) is 0 Å². The molecule has 1 N–H and O–H groups in total. The highest BCUT2D eigenvalue weighted by Crippen LogP contribution is 2.39. The van der Waals surface area contributed by atoms with E-state index in [2.05, 4.69) is 76.9 Å². The number of hydrogen-bond donors (Lipinski definition) is 1. The summed E-state index contributed by atoms with van der Waals surface area (Å²) in [5.74, 6) is 1.63. The summed E-state index contributed by atoms with van der Waals surface area (Å²) < 4.78 is 0. The summed E-state index contributed by atoms with van der Waals surface area (Å²) >= 11 is 0. The van der Waals surface area contributed by atoms with Crippen LogP contribution in [-0.2, 0) is 0 Å². The molecule has 1 fully saturated rings. The van der Waals surface area contributed by atoms with Crippen molar-refractivity contribution in [3.8, 4) is 0 Å². The van der Waals surface area contributed by atoms with Crippen molar-refractivity contribution >= 4 is 10.9 Å². The second-order valence-electron chi connectivity index (χ2n) is 8.91. The lowest BCUT2D eigenvalue weighted by Gasteiger charge is -2.31. The number of aromatic nitrogens is 1. The first-order valence-corrected chi connectivity index (χ1v) is 11.4. The number of fused-ring (bicyclic) bond motifs is 1. The molecule has 0 radical (unpaired) electrons. The van der Waals surface area contributed by atoms with Gasteiger partial charge in [-0.05, 0) is 91.8 Å². The van der Waals surface area contributed by atoms with Crippen LogP contribution in [0.15, 0.2) is 78.2 Å². The number of rotatable bonds is 5. The maximum absolute atomic E-state index is 3.46. The fourth-order valence-electron chi connectivity index (χ4n) is 5.31. The highest BCUT2D eigenvalue weighted by molar-refractivity contribution is 5.83. The molecule has 1 saturated carbocycles. The van der Waals surface area contributed by atoms with Crippen LogP contribution in [0.2, 0.25) is 0 Å². The molecule has 29 heavy (non-hydrogen) atoms. The van der Waals surface area contributed by atoms with Crippen LogP contribution < -0.4 is 0 Å². The summed E-state index contributed by atoms with van der Waals surface area (Å²) in [6.45, 7) is 2.26. The van der Waals surface area contributed by atoms with Crippen molar-refractivity contribution in [1.82, 2.24) is 9.88 Å². The monoisotopic (exact) mass is 384 g/mol. The number of nitrogens with zero attached hydrogens (tertiary/aromatic N) is 1. The third-order valence-corrected chi connectivity index (χ3v) is 7.12. The second kappa shape index (κ2) is 8.49. The Labute approximate surface area is 174 Å². The predicted molar refractivity (Wildman–Crippen MR) is 123 cm³/mol. The Morgan fingerprint density at radius 3 is 2.69 bits per heavy atom. The molecule has 2 heterocycles. The van der Waals surface area contributed by atoms with Crippen molar-refractivity contribution in [3.63, 3.8) is 0 Å². The number of para-hydroxylation sites is 1. The number of allylic oxidation sites excluding steroid dienone is 6. The van der Waals surface area contributed by atoms with Gasteiger partial charge in [-0.2, -0.15) is 0 Å². The van der Waals surface area contributed by atoms with Crippen LogP contribution in [-0.4, -0.2) is 23.0 Å². The number of nitrogens with one attached hydrogen (secondary N) is 1. The predicted octanol–water partition coefficient (Wildman–Crippen LogP) is 6.86. The highest BCUT2D eigenvalue weighted by atomic mass is 15.1. The van der Waals surface area contributed by atoms with E-state index in [9.17, 15) is 0 Å². The summed E-state index contributed by atoms with van der Waals surface area (Å²) in [4.78, 5) is 5.96. The molecule has 2 heteroatoms. The number of benzene rings is 1. The van der Waals surface area contributed by atoms with E-state index >= 15 is 0 Å². The van der Waals surface area contributed by atoms with Crippen molar-refractivity contribution < 1.29 is 0 Å². The molecule has 1 aromatic carbocycles. The minimum absolute atomic E-state index is 0.737.